The van der Waals surface area contributed by atoms with Gasteiger partial charge < -0.3 is 4.74 Å². The molecule has 4 aliphatic carbocycles. The van der Waals surface area contributed by atoms with Crippen LogP contribution in [0.1, 0.15) is 65.7 Å². The van der Waals surface area contributed by atoms with E-state index in [-0.39, 0.29) is 45.7 Å². The van der Waals surface area contributed by atoms with E-state index in [2.05, 4.69) is 29.8 Å². The second-order valence-electron chi connectivity index (χ2n) is 10.00. The molecular formula is C23H31BrO4. The molecule has 0 unspecified atom stereocenters. The average Bonchev–Trinajstić information content (AvgIpc) is 2.94. The Morgan fingerprint density at radius 3 is 2.61 bits per heavy atom. The van der Waals surface area contributed by atoms with Crippen LogP contribution in [0.15, 0.2) is 11.6 Å². The van der Waals surface area contributed by atoms with Gasteiger partial charge in [-0.25, -0.2) is 0 Å². The SMILES string of the molecule is CC(=O)[C@H]1[C@H](OC(=O)CBr)C[C@H]2[C@@H]3CCC4=CC(=O)CC[C@]4(C)[C@H]3CC[C@@]21C. The normalized spacial score (nSPS) is 44.8. The molecule has 0 bridgehead atoms. The van der Waals surface area contributed by atoms with Crippen LogP contribution in [0.25, 0.3) is 0 Å². The number of halogens is 1. The van der Waals surface area contributed by atoms with Gasteiger partial charge in [0.05, 0.1) is 5.92 Å². The van der Waals surface area contributed by atoms with E-state index in [9.17, 15) is 14.4 Å². The van der Waals surface area contributed by atoms with Gasteiger partial charge in [0, 0.05) is 6.42 Å². The van der Waals surface area contributed by atoms with Crippen molar-refractivity contribution in [1.29, 1.82) is 0 Å². The molecule has 4 aliphatic rings. The van der Waals surface area contributed by atoms with Gasteiger partial charge in [-0.1, -0.05) is 35.4 Å². The highest BCUT2D eigenvalue weighted by molar-refractivity contribution is 9.09. The first kappa shape index (κ1) is 20.3. The fourth-order valence-electron chi connectivity index (χ4n) is 7.59. The van der Waals surface area contributed by atoms with Gasteiger partial charge in [-0.3, -0.25) is 14.4 Å². The van der Waals surface area contributed by atoms with Crippen molar-refractivity contribution in [2.24, 2.45) is 34.5 Å². The zero-order valence-electron chi connectivity index (χ0n) is 17.1. The summed E-state index contributed by atoms with van der Waals surface area (Å²) in [6, 6.07) is 0. The largest absolute Gasteiger partial charge is 0.461 e. The number of alkyl halides is 1. The molecule has 0 spiro atoms. The van der Waals surface area contributed by atoms with Gasteiger partial charge in [0.25, 0.3) is 0 Å². The van der Waals surface area contributed by atoms with Crippen molar-refractivity contribution in [2.75, 3.05) is 5.33 Å². The maximum atomic E-state index is 12.6. The molecule has 3 saturated carbocycles. The molecule has 0 aromatic heterocycles. The van der Waals surface area contributed by atoms with Crippen LogP contribution in [0.3, 0.4) is 0 Å². The summed E-state index contributed by atoms with van der Waals surface area (Å²) in [7, 11) is 0. The number of hydrogen-bond acceptors (Lipinski definition) is 4. The molecule has 5 heteroatoms. The first-order valence-electron chi connectivity index (χ1n) is 10.7. The van der Waals surface area contributed by atoms with Gasteiger partial charge in [0.1, 0.15) is 17.2 Å². The molecule has 0 N–H and O–H groups in total. The lowest BCUT2D eigenvalue weighted by Crippen LogP contribution is -2.51. The third-order valence-corrected chi connectivity index (χ3v) is 9.26. The average molecular weight is 451 g/mol. The van der Waals surface area contributed by atoms with Crippen molar-refractivity contribution in [1.82, 2.24) is 0 Å². The molecule has 0 radical (unpaired) electrons. The van der Waals surface area contributed by atoms with Crippen molar-refractivity contribution >= 4 is 33.5 Å². The summed E-state index contributed by atoms with van der Waals surface area (Å²) in [6.45, 7) is 6.29. The molecule has 0 saturated heterocycles. The lowest BCUT2D eigenvalue weighted by atomic mass is 9.46. The Balaban J connectivity index is 1.66. The number of carbonyl (C=O) groups excluding carboxylic acids is 3. The maximum Gasteiger partial charge on any atom is 0.316 e. The van der Waals surface area contributed by atoms with E-state index in [0.717, 1.165) is 38.5 Å². The predicted molar refractivity (Wildman–Crippen MR) is 110 cm³/mol. The van der Waals surface area contributed by atoms with Gasteiger partial charge in [-0.15, -0.1) is 0 Å². The lowest BCUT2D eigenvalue weighted by Gasteiger charge is -2.57. The topological polar surface area (TPSA) is 60.4 Å². The lowest BCUT2D eigenvalue weighted by molar-refractivity contribution is -0.151. The van der Waals surface area contributed by atoms with Gasteiger partial charge >= 0.3 is 5.97 Å². The molecule has 7 atom stereocenters. The quantitative estimate of drug-likeness (QED) is 0.463. The second kappa shape index (κ2) is 7.07. The van der Waals surface area contributed by atoms with Crippen LogP contribution in [0.4, 0.5) is 0 Å². The Morgan fingerprint density at radius 2 is 1.93 bits per heavy atom. The Labute approximate surface area is 176 Å². The minimum absolute atomic E-state index is 0.0909. The minimum Gasteiger partial charge on any atom is -0.461 e. The molecule has 0 aliphatic heterocycles. The van der Waals surface area contributed by atoms with Crippen LogP contribution in [-0.4, -0.2) is 29.0 Å². The fourth-order valence-corrected chi connectivity index (χ4v) is 7.72. The summed E-state index contributed by atoms with van der Waals surface area (Å²) in [5, 5.41) is 0.168. The Bertz CT molecular complexity index is 743. The zero-order valence-corrected chi connectivity index (χ0v) is 18.7. The molecule has 4 rings (SSSR count). The van der Waals surface area contributed by atoms with Crippen LogP contribution < -0.4 is 0 Å². The van der Waals surface area contributed by atoms with Gasteiger partial charge in [-0.2, -0.15) is 0 Å². The maximum absolute atomic E-state index is 12.6. The number of allylic oxidation sites excluding steroid dienone is 1. The van der Waals surface area contributed by atoms with Crippen molar-refractivity contribution in [3.8, 4) is 0 Å². The van der Waals surface area contributed by atoms with E-state index < -0.39 is 0 Å². The van der Waals surface area contributed by atoms with Crippen molar-refractivity contribution in [3.05, 3.63) is 11.6 Å². The fraction of sp³-hybridized carbons (Fsp3) is 0.783. The van der Waals surface area contributed by atoms with E-state index >= 15 is 0 Å². The highest BCUT2D eigenvalue weighted by Gasteiger charge is 2.63. The predicted octanol–water partition coefficient (Wildman–Crippen LogP) is 4.64. The summed E-state index contributed by atoms with van der Waals surface area (Å²) in [5.41, 5.74) is 1.39. The Morgan fingerprint density at radius 1 is 1.18 bits per heavy atom. The van der Waals surface area contributed by atoms with Gasteiger partial charge in [-0.05, 0) is 80.1 Å². The number of hydrogen-bond donors (Lipinski definition) is 0. The van der Waals surface area contributed by atoms with E-state index in [1.807, 2.05) is 6.08 Å². The smallest absolute Gasteiger partial charge is 0.316 e. The molecular weight excluding hydrogens is 420 g/mol. The zero-order chi connectivity index (χ0) is 20.3. The van der Waals surface area contributed by atoms with Crippen LogP contribution in [-0.2, 0) is 19.1 Å². The third-order valence-electron chi connectivity index (χ3n) is 8.80. The number of ketones is 2. The van der Waals surface area contributed by atoms with Crippen molar-refractivity contribution < 1.29 is 19.1 Å². The first-order valence-corrected chi connectivity index (χ1v) is 11.8. The Kier molecular flexibility index (Phi) is 5.13. The molecule has 154 valence electrons. The van der Waals surface area contributed by atoms with E-state index in [0.29, 0.717) is 24.2 Å². The Hall–Kier alpha value is -0.970. The minimum atomic E-state index is -0.297. The molecule has 0 aromatic carbocycles. The number of esters is 1. The summed E-state index contributed by atoms with van der Waals surface area (Å²) in [6.07, 6.45) is 8.23. The van der Waals surface area contributed by atoms with Crippen LogP contribution in [0, 0.1) is 34.5 Å². The van der Waals surface area contributed by atoms with Gasteiger partial charge in [0.2, 0.25) is 0 Å². The molecule has 0 heterocycles. The number of carbonyl (C=O) groups is 3. The molecule has 28 heavy (non-hydrogen) atoms. The van der Waals surface area contributed by atoms with Crippen molar-refractivity contribution in [2.45, 2.75) is 71.8 Å². The molecule has 3 fully saturated rings. The summed E-state index contributed by atoms with van der Waals surface area (Å²) in [5.74, 6) is 1.48. The summed E-state index contributed by atoms with van der Waals surface area (Å²) < 4.78 is 5.75. The van der Waals surface area contributed by atoms with Crippen LogP contribution in [0.5, 0.6) is 0 Å². The third kappa shape index (κ3) is 2.95. The van der Waals surface area contributed by atoms with Gasteiger partial charge in [0.15, 0.2) is 5.78 Å². The number of ether oxygens (including phenoxy) is 1. The highest BCUT2D eigenvalue weighted by atomic mass is 79.9. The highest BCUT2D eigenvalue weighted by Crippen LogP contribution is 2.67. The summed E-state index contributed by atoms with van der Waals surface area (Å²) >= 11 is 3.18. The van der Waals surface area contributed by atoms with Crippen LogP contribution in [0.2, 0.25) is 0 Å². The van der Waals surface area contributed by atoms with E-state index in [1.165, 1.54) is 5.57 Å². The van der Waals surface area contributed by atoms with E-state index in [4.69, 9.17) is 4.74 Å². The standard InChI is InChI=1S/C23H31BrO4/c1-13(25)21-19(28-20(27)12-24)11-18-16-5-4-14-10-15(26)6-8-22(14,2)17(16)7-9-23(18,21)3/h10,16-19,21H,4-9,11-12H2,1-3H3/t16-,17+,18+,19-,21+,22+,23+/m1/s1. The summed E-state index contributed by atoms with van der Waals surface area (Å²) in [4.78, 5) is 36.6. The van der Waals surface area contributed by atoms with E-state index in [1.54, 1.807) is 6.92 Å². The second-order valence-corrected chi connectivity index (χ2v) is 10.6. The van der Waals surface area contributed by atoms with Crippen molar-refractivity contribution in [3.63, 3.8) is 0 Å². The number of Topliss-reactive ketones (excluding diaryl/α,β-unsaturated/α-hetero) is 1. The monoisotopic (exact) mass is 450 g/mol. The number of fused-ring (bicyclic) bond motifs is 5. The first-order chi connectivity index (χ1) is 13.2. The molecule has 0 aromatic rings. The molecule has 0 amide bonds. The molecule has 4 nitrogen and oxygen atoms in total. The van der Waals surface area contributed by atoms with Crippen LogP contribution >= 0.6 is 15.9 Å². The number of rotatable bonds is 3.